The Balaban J connectivity index is 4.45. The van der Waals surface area contributed by atoms with E-state index in [1.807, 2.05) is 6.08 Å². The molecule has 0 aromatic rings. The van der Waals surface area contributed by atoms with E-state index in [1.54, 1.807) is 6.08 Å². The number of hydrogen-bond acceptors (Lipinski definition) is 6. The van der Waals surface area contributed by atoms with Crippen LogP contribution in [0.5, 0.6) is 0 Å². The van der Waals surface area contributed by atoms with E-state index in [0.29, 0.717) is 12.8 Å². The Morgan fingerprint density at radius 1 is 0.349 bits per heavy atom. The summed E-state index contributed by atoms with van der Waals surface area (Å²) in [6, 6.07) is 0. The smallest absolute Gasteiger partial charge is 0.309 e. The number of carbonyl (C=O) groups excluding carboxylic acids is 3. The molecule has 0 spiro atoms. The Morgan fingerprint density at radius 3 is 1.16 bits per heavy atom. The van der Waals surface area contributed by atoms with E-state index < -0.39 is 12.1 Å². The summed E-state index contributed by atoms with van der Waals surface area (Å²) in [6.45, 7) is 6.24. The highest BCUT2D eigenvalue weighted by molar-refractivity contribution is 5.72. The van der Waals surface area contributed by atoms with E-state index >= 15 is 0 Å². The number of ether oxygens (including phenoxy) is 3. The highest BCUT2D eigenvalue weighted by Crippen LogP contribution is 2.13. The van der Waals surface area contributed by atoms with Crippen LogP contribution in [0.25, 0.3) is 0 Å². The molecule has 0 heterocycles. The molecule has 0 saturated heterocycles. The topological polar surface area (TPSA) is 78.9 Å². The third kappa shape index (κ3) is 49.0. The summed E-state index contributed by atoms with van der Waals surface area (Å²) in [7, 11) is 0. The van der Waals surface area contributed by atoms with Gasteiger partial charge in [0, 0.05) is 12.8 Å². The van der Waals surface area contributed by atoms with Crippen molar-refractivity contribution >= 4 is 17.9 Å². The number of rotatable bonds is 44. The second-order valence-electron chi connectivity index (χ2n) is 16.3. The molecule has 0 aliphatic rings. The standard InChI is InChI=1S/C57H92O6/c1-4-7-10-13-16-19-21-23-25-27-28-30-31-33-35-38-41-44-47-50-56(59)62-53-54(52-61-55(58)49-46-43-40-37-18-15-12-9-6-3)63-57(60)51-48-45-42-39-36-34-32-29-26-24-22-20-17-14-11-8-5-2/h7,9-10,12,16,18-19,23-26,32,34,37,39,42-43,46,54H,4-6,8,11,13-15,17,20-22,27-31,33,35-36,38,40-41,44-45,47-53H2,1-3H3/b10-7-,12-9-,19-16-,25-23-,26-24-,34-32-,37-18-,42-39-,46-43-. The average Bonchev–Trinajstić information content (AvgIpc) is 3.28. The van der Waals surface area contributed by atoms with Crippen molar-refractivity contribution < 1.29 is 28.6 Å². The van der Waals surface area contributed by atoms with Gasteiger partial charge in [-0.05, 0) is 96.3 Å². The van der Waals surface area contributed by atoms with E-state index in [2.05, 4.69) is 118 Å². The predicted octanol–water partition coefficient (Wildman–Crippen LogP) is 16.8. The van der Waals surface area contributed by atoms with Gasteiger partial charge in [-0.15, -0.1) is 0 Å². The van der Waals surface area contributed by atoms with Crippen molar-refractivity contribution in [2.24, 2.45) is 0 Å². The highest BCUT2D eigenvalue weighted by atomic mass is 16.6. The van der Waals surface area contributed by atoms with Crippen LogP contribution in [0.3, 0.4) is 0 Å². The van der Waals surface area contributed by atoms with Crippen molar-refractivity contribution in [3.8, 4) is 0 Å². The van der Waals surface area contributed by atoms with Gasteiger partial charge < -0.3 is 14.2 Å². The fraction of sp³-hybridized carbons (Fsp3) is 0.632. The molecule has 6 nitrogen and oxygen atoms in total. The van der Waals surface area contributed by atoms with E-state index in [9.17, 15) is 14.4 Å². The fourth-order valence-electron chi connectivity index (χ4n) is 6.53. The lowest BCUT2D eigenvalue weighted by Gasteiger charge is -2.18. The lowest BCUT2D eigenvalue weighted by molar-refractivity contribution is -0.166. The second kappa shape index (κ2) is 50.7. The van der Waals surface area contributed by atoms with Crippen LogP contribution in [0.15, 0.2) is 109 Å². The van der Waals surface area contributed by atoms with Crippen LogP contribution in [0.2, 0.25) is 0 Å². The Bertz CT molecular complexity index is 1330. The lowest BCUT2D eigenvalue weighted by atomic mass is 10.1. The van der Waals surface area contributed by atoms with Gasteiger partial charge in [0.2, 0.25) is 0 Å². The Labute approximate surface area is 387 Å². The number of esters is 3. The molecule has 0 fully saturated rings. The molecule has 356 valence electrons. The van der Waals surface area contributed by atoms with Crippen molar-refractivity contribution in [2.75, 3.05) is 13.2 Å². The quantitative estimate of drug-likeness (QED) is 0.0263. The minimum absolute atomic E-state index is 0.120. The molecule has 0 saturated carbocycles. The molecule has 0 bridgehead atoms. The number of hydrogen-bond donors (Lipinski definition) is 0. The van der Waals surface area contributed by atoms with Gasteiger partial charge in [-0.25, -0.2) is 0 Å². The maximum Gasteiger partial charge on any atom is 0.309 e. The molecule has 0 aromatic carbocycles. The first-order chi connectivity index (χ1) is 31.0. The van der Waals surface area contributed by atoms with E-state index in [-0.39, 0.29) is 38.0 Å². The van der Waals surface area contributed by atoms with Crippen LogP contribution in [-0.2, 0) is 28.6 Å². The molecular weight excluding hydrogens is 781 g/mol. The Hall–Kier alpha value is -3.93. The first kappa shape index (κ1) is 59.1. The van der Waals surface area contributed by atoms with Gasteiger partial charge in [0.05, 0.1) is 6.42 Å². The average molecular weight is 873 g/mol. The second-order valence-corrected chi connectivity index (χ2v) is 16.3. The normalized spacial score (nSPS) is 13.0. The minimum Gasteiger partial charge on any atom is -0.462 e. The van der Waals surface area contributed by atoms with Crippen molar-refractivity contribution in [3.63, 3.8) is 0 Å². The summed E-state index contributed by atoms with van der Waals surface area (Å²) in [6.07, 6.45) is 68.3. The van der Waals surface area contributed by atoms with E-state index in [4.69, 9.17) is 14.2 Å². The van der Waals surface area contributed by atoms with Gasteiger partial charge >= 0.3 is 17.9 Å². The summed E-state index contributed by atoms with van der Waals surface area (Å²) >= 11 is 0. The van der Waals surface area contributed by atoms with Crippen LogP contribution in [0, 0.1) is 0 Å². The van der Waals surface area contributed by atoms with Gasteiger partial charge in [0.1, 0.15) is 13.2 Å². The van der Waals surface area contributed by atoms with Crippen molar-refractivity contribution in [2.45, 2.75) is 219 Å². The molecule has 0 aromatic heterocycles. The lowest BCUT2D eigenvalue weighted by Crippen LogP contribution is -2.30. The van der Waals surface area contributed by atoms with Crippen LogP contribution in [-0.4, -0.2) is 37.2 Å². The molecule has 0 radical (unpaired) electrons. The monoisotopic (exact) mass is 873 g/mol. The molecule has 1 atom stereocenters. The van der Waals surface area contributed by atoms with Crippen LogP contribution < -0.4 is 0 Å². The minimum atomic E-state index is -0.842. The largest absolute Gasteiger partial charge is 0.462 e. The molecule has 0 N–H and O–H groups in total. The maximum absolute atomic E-state index is 12.7. The summed E-state index contributed by atoms with van der Waals surface area (Å²) in [5.74, 6) is -1.12. The van der Waals surface area contributed by atoms with Crippen LogP contribution >= 0.6 is 0 Å². The first-order valence-electron chi connectivity index (χ1n) is 25.4. The van der Waals surface area contributed by atoms with Crippen molar-refractivity contribution in [1.82, 2.24) is 0 Å². The number of carbonyl (C=O) groups is 3. The third-order valence-electron chi connectivity index (χ3n) is 10.3. The first-order valence-corrected chi connectivity index (χ1v) is 25.4. The van der Waals surface area contributed by atoms with E-state index in [0.717, 1.165) is 83.5 Å². The molecular formula is C57H92O6. The fourth-order valence-corrected chi connectivity index (χ4v) is 6.53. The zero-order chi connectivity index (χ0) is 45.8. The van der Waals surface area contributed by atoms with Gasteiger partial charge in [-0.2, -0.15) is 0 Å². The summed E-state index contributed by atoms with van der Waals surface area (Å²) < 4.78 is 16.6. The molecule has 1 unspecified atom stereocenters. The van der Waals surface area contributed by atoms with Crippen LogP contribution in [0.4, 0.5) is 0 Å². The van der Waals surface area contributed by atoms with Gasteiger partial charge in [0.25, 0.3) is 0 Å². The van der Waals surface area contributed by atoms with Crippen molar-refractivity contribution in [3.05, 3.63) is 109 Å². The SMILES string of the molecule is CC/C=C\C/C=C\C/C=C\CCCCCCCCCCCC(=O)OCC(COC(=O)C/C=C\C/C=C\C/C=C\CC)OC(=O)CCC/C=C\C/C=C\C/C=C\CCCCCCCC. The Morgan fingerprint density at radius 2 is 0.698 bits per heavy atom. The van der Waals surface area contributed by atoms with Gasteiger partial charge in [0.15, 0.2) is 6.10 Å². The Kier molecular flexibility index (Phi) is 47.5. The molecule has 63 heavy (non-hydrogen) atoms. The van der Waals surface area contributed by atoms with Crippen molar-refractivity contribution in [1.29, 1.82) is 0 Å². The molecule has 0 aliphatic carbocycles. The zero-order valence-electron chi connectivity index (χ0n) is 40.5. The highest BCUT2D eigenvalue weighted by Gasteiger charge is 2.19. The van der Waals surface area contributed by atoms with Gasteiger partial charge in [-0.1, -0.05) is 207 Å². The van der Waals surface area contributed by atoms with Gasteiger partial charge in [-0.3, -0.25) is 14.4 Å². The molecule has 0 rings (SSSR count). The zero-order valence-corrected chi connectivity index (χ0v) is 40.5. The molecule has 6 heteroatoms. The maximum atomic E-state index is 12.7. The summed E-state index contributed by atoms with van der Waals surface area (Å²) in [5.41, 5.74) is 0. The predicted molar refractivity (Wildman–Crippen MR) is 270 cm³/mol. The molecule has 0 aliphatic heterocycles. The van der Waals surface area contributed by atoms with Crippen LogP contribution in [0.1, 0.15) is 213 Å². The number of unbranched alkanes of at least 4 members (excludes halogenated alkanes) is 16. The molecule has 0 amide bonds. The number of allylic oxidation sites excluding steroid dienone is 17. The third-order valence-corrected chi connectivity index (χ3v) is 10.3. The van der Waals surface area contributed by atoms with E-state index in [1.165, 1.54) is 83.5 Å². The summed E-state index contributed by atoms with van der Waals surface area (Å²) in [4.78, 5) is 37.8. The summed E-state index contributed by atoms with van der Waals surface area (Å²) in [5, 5.41) is 0.